The van der Waals surface area contributed by atoms with E-state index in [0.717, 1.165) is 74.2 Å². The van der Waals surface area contributed by atoms with Crippen molar-refractivity contribution in [2.45, 2.75) is 28.2 Å². The smallest absolute Gasteiger partial charge is 0.0748 e. The Hall–Kier alpha value is 8.82. The minimum atomic E-state index is -1.17. The Balaban J connectivity index is 0.000000212. The number of halogens is 9. The SMILES string of the molecule is C.[2H]P(I)c1cc(-c2sc3c(P([2H])I)c(-c4cc(C)c(P([2H])I)s4)sc3c2C)sc1P([2H])I.[2H]P(I)c1sc2c(P([2H])I)c(-c3sc4c(P([2H])I)c(C)sc4c3P([2H])I)sc2c1P([2H])I. The van der Waals surface area contributed by atoms with Gasteiger partial charge in [-0.25, -0.2) is 0 Å². The number of aryl methyl sites for hydroxylation is 3. The van der Waals surface area contributed by atoms with Crippen molar-refractivity contribution in [1.29, 1.82) is 11.5 Å². The van der Waals surface area contributed by atoms with E-state index in [-0.39, 0.29) is 7.43 Å². The molecule has 0 amide bonds. The van der Waals surface area contributed by atoms with Gasteiger partial charge in [0.05, 0.1) is 49.6 Å². The van der Waals surface area contributed by atoms with Crippen molar-refractivity contribution in [3.05, 3.63) is 28.1 Å². The van der Waals surface area contributed by atoms with E-state index in [9.17, 15) is 0 Å². The van der Waals surface area contributed by atoms with Gasteiger partial charge in [0.1, 0.15) is 0 Å². The molecule has 26 heteroatoms. The van der Waals surface area contributed by atoms with E-state index in [2.05, 4.69) is 231 Å². The highest BCUT2D eigenvalue weighted by Crippen LogP contribution is 2.52. The second kappa shape index (κ2) is 25.3. The zero-order chi connectivity index (χ0) is 47.1. The third kappa shape index (κ3) is 11.1. The maximum Gasteiger partial charge on any atom is 0.0748 e. The van der Waals surface area contributed by atoms with Crippen LogP contribution in [-0.2, 0) is 0 Å². The molecule has 300 valence electrons. The van der Waals surface area contributed by atoms with Crippen molar-refractivity contribution in [2.24, 2.45) is 0 Å². The molecule has 8 heterocycles. The van der Waals surface area contributed by atoms with Crippen molar-refractivity contribution in [1.82, 2.24) is 0 Å². The summed E-state index contributed by atoms with van der Waals surface area (Å²) in [6, 6.07) is 4.36. The molecule has 0 N–H and O–H groups in total. The Morgan fingerprint density at radius 3 is 1.38 bits per heavy atom. The van der Waals surface area contributed by atoms with Gasteiger partial charge in [0.15, 0.2) is 0 Å². The molecule has 8 rings (SSSR count). The first-order chi connectivity index (χ1) is 30.0. The normalized spacial score (nSPS) is 19.1. The predicted molar refractivity (Wildman–Crippen MR) is 383 cm³/mol. The van der Waals surface area contributed by atoms with Gasteiger partial charge >= 0.3 is 0 Å². The number of hydrogen-bond acceptors (Lipinski definition) is 8. The third-order valence-corrected chi connectivity index (χ3v) is 42.6. The van der Waals surface area contributed by atoms with Gasteiger partial charge in [-0.3, -0.25) is 0 Å². The lowest BCUT2D eigenvalue weighted by molar-refractivity contribution is 1.59. The van der Waals surface area contributed by atoms with Crippen LogP contribution in [0.15, 0.2) is 12.1 Å². The van der Waals surface area contributed by atoms with E-state index in [1.165, 1.54) is 44.9 Å². The summed E-state index contributed by atoms with van der Waals surface area (Å²) in [6.07, 6.45) is -9.47. The lowest BCUT2D eigenvalue weighted by Crippen LogP contribution is -2.04. The van der Waals surface area contributed by atoms with Gasteiger partial charge in [-0.05, 0) is 99.5 Å². The van der Waals surface area contributed by atoms with E-state index in [1.807, 2.05) is 0 Å². The Morgan fingerprint density at radius 2 is 0.857 bits per heavy atom. The fourth-order valence-corrected chi connectivity index (χ4v) is 44.6. The summed E-state index contributed by atoms with van der Waals surface area (Å²) in [5.41, 5.74) is 2.45. The fourth-order valence-electron chi connectivity index (χ4n) is 5.39. The van der Waals surface area contributed by atoms with Crippen molar-refractivity contribution in [3.63, 3.8) is 0 Å². The summed E-state index contributed by atoms with van der Waals surface area (Å²) < 4.78 is 86.4. The Morgan fingerprint density at radius 1 is 0.411 bits per heavy atom. The van der Waals surface area contributed by atoms with Crippen molar-refractivity contribution in [3.8, 4) is 29.3 Å². The molecular weight excluding hydrogens is 2040 g/mol. The van der Waals surface area contributed by atoms with Gasteiger partial charge in [-0.2, -0.15) is 0 Å². The van der Waals surface area contributed by atoms with Crippen molar-refractivity contribution in [2.75, 3.05) is 0 Å². The van der Waals surface area contributed by atoms with Crippen LogP contribution in [0.4, 0.5) is 0 Å². The fraction of sp³-hybridized carbons (Fsp3) is 0.133. The lowest BCUT2D eigenvalue weighted by Gasteiger charge is -2.02. The van der Waals surface area contributed by atoms with E-state index in [0.29, 0.717) is 0 Å². The van der Waals surface area contributed by atoms with Gasteiger partial charge in [-0.1, -0.05) is 206 Å². The Kier molecular flexibility index (Phi) is 19.2. The van der Waals surface area contributed by atoms with Crippen LogP contribution in [0.5, 0.6) is 0 Å². The topological polar surface area (TPSA) is 0 Å². The maximum atomic E-state index is 8.74. The van der Waals surface area contributed by atoms with Gasteiger partial charge in [0.2, 0.25) is 0 Å². The van der Waals surface area contributed by atoms with Gasteiger partial charge in [0.25, 0.3) is 0 Å². The summed E-state index contributed by atoms with van der Waals surface area (Å²) in [5, 5.41) is 6.46. The van der Waals surface area contributed by atoms with E-state index >= 15 is 0 Å². The predicted octanol–water partition coefficient (Wildman–Crippen LogP) is 19.8. The quantitative estimate of drug-likeness (QED) is 0.0845. The zero-order valence-electron chi connectivity index (χ0n) is 35.8. The van der Waals surface area contributed by atoms with E-state index in [4.69, 9.17) is 11.5 Å². The highest BCUT2D eigenvalue weighted by Gasteiger charge is 2.27. The molecule has 8 aromatic heterocycles. The molecule has 0 aliphatic carbocycles. The molecule has 0 nitrogen and oxygen atoms in total. The summed E-state index contributed by atoms with van der Waals surface area (Å²) >= 11 is 33.6. The van der Waals surface area contributed by atoms with Gasteiger partial charge in [-0.15, -0.1) is 90.7 Å². The van der Waals surface area contributed by atoms with E-state index < -0.39 is 55.5 Å². The Labute approximate surface area is 505 Å². The van der Waals surface area contributed by atoms with Crippen LogP contribution in [0.25, 0.3) is 57.5 Å². The number of thiophene rings is 8. The summed E-state index contributed by atoms with van der Waals surface area (Å²) in [4.78, 5) is 8.20. The molecule has 0 aliphatic heterocycles. The average Bonchev–Trinajstić information content (AvgIpc) is 4.03. The van der Waals surface area contributed by atoms with E-state index in [1.54, 1.807) is 90.7 Å². The largest absolute Gasteiger partial charge is 0.138 e. The lowest BCUT2D eigenvalue weighted by atomic mass is 10.2. The number of rotatable bonds is 12. The molecule has 0 aliphatic rings. The highest BCUT2D eigenvalue weighted by atomic mass is 127. The van der Waals surface area contributed by atoms with Crippen LogP contribution in [0.2, 0.25) is 0 Å². The molecule has 9 atom stereocenters. The molecule has 0 spiro atoms. The number of hydrogen-bond donors (Lipinski definition) is 0. The maximum absolute atomic E-state index is 8.74. The summed E-state index contributed by atoms with van der Waals surface area (Å²) in [5.74, 6) is 0. The minimum absolute atomic E-state index is 0. The highest BCUT2D eigenvalue weighted by molar-refractivity contribution is 14.2. The zero-order valence-corrected chi connectivity index (χ0v) is 60.8. The third-order valence-electron chi connectivity index (χ3n) is 7.81. The molecule has 0 bridgehead atoms. The van der Waals surface area contributed by atoms with Crippen molar-refractivity contribution < 1.29 is 0 Å². The summed E-state index contributed by atoms with van der Waals surface area (Å²) in [7, 11) is 0. The second-order valence-electron chi connectivity index (χ2n) is 10.8. The van der Waals surface area contributed by atoms with Crippen molar-refractivity contribution >= 4 is 418 Å². The molecule has 0 saturated carbocycles. The minimum Gasteiger partial charge on any atom is -0.138 e. The van der Waals surface area contributed by atoms with Crippen LogP contribution in [0, 0.1) is 20.8 Å². The Bertz CT molecular complexity index is 2990. The monoisotopic (exact) mass is 2070 g/mol. The molecule has 56 heavy (non-hydrogen) atoms. The first-order valence-electron chi connectivity index (χ1n) is 18.5. The van der Waals surface area contributed by atoms with Crippen LogP contribution in [0.1, 0.15) is 23.4 Å². The van der Waals surface area contributed by atoms with Gasteiger partial charge < -0.3 is 0 Å². The second-order valence-corrected chi connectivity index (χ2v) is 38.7. The molecular formula is C30H24I9P9S8. The molecule has 0 radical (unpaired) electrons. The molecule has 8 aromatic rings. The van der Waals surface area contributed by atoms with Crippen LogP contribution < -0.4 is 45.7 Å². The van der Waals surface area contributed by atoms with Crippen LogP contribution >= 0.6 is 345 Å². The number of fused-ring (bicyclic) bond motifs is 3. The molecule has 0 aromatic carbocycles. The standard InChI is InChI=1S/C16H12I4P4S4.C13H8I5P5S4.CH4/c1-5-3-8(25-15(5)23-19)13-10(22-18)14-12(28-13)6(2)11(27-14)9-4-7(21-17)16(24-20)26-9;1-2-3(19-14)7-8(24-2)4(20-15)9(25-7)10-5(21-16)11-12(26-10)6(22-17)13(23-18)27-11;/h3-4,21-24H,1-2H3;19-23H,1H3;1H4/i21D,22D,23D,24D;19D,20D,21D,22D,23D;. The average molecular weight is 2070 g/mol. The first kappa shape index (κ1) is 42.5. The van der Waals surface area contributed by atoms with Crippen LogP contribution in [-0.4, -0.2) is 11.5 Å². The molecule has 9 unspecified atom stereocenters. The van der Waals surface area contributed by atoms with Gasteiger partial charge in [0, 0.05) is 69.9 Å². The molecule has 0 fully saturated rings. The first-order valence-corrected chi connectivity index (χ1v) is 54.1. The van der Waals surface area contributed by atoms with Crippen LogP contribution in [0.3, 0.4) is 0 Å². The summed E-state index contributed by atoms with van der Waals surface area (Å²) in [6.45, 7) is 6.36. The molecule has 0 saturated heterocycles.